The van der Waals surface area contributed by atoms with Crippen molar-refractivity contribution in [1.29, 1.82) is 0 Å². The first-order valence-corrected chi connectivity index (χ1v) is 10.8. The van der Waals surface area contributed by atoms with Gasteiger partial charge in [-0.05, 0) is 25.0 Å². The predicted molar refractivity (Wildman–Crippen MR) is 116 cm³/mol. The highest BCUT2D eigenvalue weighted by atomic mass is 19.3. The van der Waals surface area contributed by atoms with Crippen LogP contribution in [0.5, 0.6) is 0 Å². The number of esters is 1. The largest absolute Gasteiger partial charge is 0.460 e. The summed E-state index contributed by atoms with van der Waals surface area (Å²) in [5.74, 6) is -4.95. The van der Waals surface area contributed by atoms with Crippen molar-refractivity contribution in [3.05, 3.63) is 71.8 Å². The van der Waals surface area contributed by atoms with Crippen molar-refractivity contribution in [2.45, 2.75) is 39.0 Å². The minimum atomic E-state index is -2.88. The van der Waals surface area contributed by atoms with E-state index >= 15 is 0 Å². The Morgan fingerprint density at radius 2 is 1.59 bits per heavy atom. The molecule has 2 aliphatic rings. The average molecular weight is 443 g/mol. The fraction of sp³-hybridized carbons (Fsp3) is 0.440. The van der Waals surface area contributed by atoms with Gasteiger partial charge in [0.2, 0.25) is 5.91 Å². The summed E-state index contributed by atoms with van der Waals surface area (Å²) in [5, 5.41) is 0. The second kappa shape index (κ2) is 8.62. The van der Waals surface area contributed by atoms with Gasteiger partial charge in [0, 0.05) is 25.7 Å². The molecule has 2 aliphatic heterocycles. The minimum absolute atomic E-state index is 0.0583. The molecule has 2 saturated heterocycles. The lowest BCUT2D eigenvalue weighted by Gasteiger charge is -2.30. The number of hydrogen-bond acceptors (Lipinski definition) is 4. The highest BCUT2D eigenvalue weighted by molar-refractivity contribution is 6.02. The Morgan fingerprint density at radius 3 is 2.22 bits per heavy atom. The number of fused-ring (bicyclic) bond motifs is 1. The number of carbonyl (C=O) groups excluding carboxylic acids is 2. The molecule has 0 bridgehead atoms. The predicted octanol–water partition coefficient (Wildman–Crippen LogP) is 3.73. The van der Waals surface area contributed by atoms with Gasteiger partial charge in [-0.25, -0.2) is 8.78 Å². The van der Waals surface area contributed by atoms with Crippen LogP contribution in [-0.2, 0) is 27.5 Å². The fourth-order valence-corrected chi connectivity index (χ4v) is 4.62. The van der Waals surface area contributed by atoms with Crippen molar-refractivity contribution in [1.82, 2.24) is 9.80 Å². The summed E-state index contributed by atoms with van der Waals surface area (Å²) >= 11 is 0. The van der Waals surface area contributed by atoms with Crippen LogP contribution >= 0.6 is 0 Å². The van der Waals surface area contributed by atoms with Crippen LogP contribution in [0.25, 0.3) is 0 Å². The Morgan fingerprint density at radius 1 is 1.00 bits per heavy atom. The molecular weight excluding hydrogens is 414 g/mol. The third kappa shape index (κ3) is 4.39. The number of hydrogen-bond donors (Lipinski definition) is 0. The van der Waals surface area contributed by atoms with Crippen molar-refractivity contribution in [3.63, 3.8) is 0 Å². The Labute approximate surface area is 187 Å². The SMILES string of the molecule is CC(C)(C(=O)OCc1ccccc1)C(=O)N1CC2C(C1)C(F)(F)CN2Cc1ccccc1. The Balaban J connectivity index is 1.42. The maximum atomic E-state index is 14.8. The summed E-state index contributed by atoms with van der Waals surface area (Å²) in [5.41, 5.74) is 0.321. The zero-order valence-electron chi connectivity index (χ0n) is 18.3. The second-order valence-electron chi connectivity index (χ2n) is 9.22. The molecule has 2 heterocycles. The molecule has 2 unspecified atom stereocenters. The molecule has 2 aromatic rings. The maximum Gasteiger partial charge on any atom is 0.321 e. The van der Waals surface area contributed by atoms with Gasteiger partial charge < -0.3 is 9.64 Å². The lowest BCUT2D eigenvalue weighted by molar-refractivity contribution is -0.164. The van der Waals surface area contributed by atoms with E-state index in [9.17, 15) is 18.4 Å². The number of rotatable bonds is 6. The van der Waals surface area contributed by atoms with Crippen LogP contribution in [0.4, 0.5) is 8.78 Å². The number of alkyl halides is 2. The van der Waals surface area contributed by atoms with E-state index in [1.165, 1.54) is 18.7 Å². The molecular formula is C25H28F2N2O3. The average Bonchev–Trinajstić information content (AvgIpc) is 3.32. The fourth-order valence-electron chi connectivity index (χ4n) is 4.62. The maximum absolute atomic E-state index is 14.8. The van der Waals surface area contributed by atoms with Crippen molar-refractivity contribution >= 4 is 11.9 Å². The van der Waals surface area contributed by atoms with E-state index in [4.69, 9.17) is 4.74 Å². The summed E-state index contributed by atoms with van der Waals surface area (Å²) in [6.07, 6.45) is 0. The van der Waals surface area contributed by atoms with Crippen LogP contribution in [0.1, 0.15) is 25.0 Å². The van der Waals surface area contributed by atoms with E-state index in [-0.39, 0.29) is 26.2 Å². The van der Waals surface area contributed by atoms with Gasteiger partial charge in [-0.2, -0.15) is 0 Å². The molecule has 4 rings (SSSR count). The normalized spacial score (nSPS) is 22.6. The Kier molecular flexibility index (Phi) is 6.03. The van der Waals surface area contributed by atoms with E-state index in [0.717, 1.165) is 11.1 Å². The molecule has 32 heavy (non-hydrogen) atoms. The summed E-state index contributed by atoms with van der Waals surface area (Å²) < 4.78 is 34.9. The van der Waals surface area contributed by atoms with E-state index < -0.39 is 35.2 Å². The van der Waals surface area contributed by atoms with Gasteiger partial charge in [-0.3, -0.25) is 14.5 Å². The van der Waals surface area contributed by atoms with Gasteiger partial charge >= 0.3 is 5.97 Å². The number of carbonyl (C=O) groups is 2. The number of benzene rings is 2. The van der Waals surface area contributed by atoms with E-state index in [2.05, 4.69) is 0 Å². The number of ether oxygens (including phenoxy) is 1. The van der Waals surface area contributed by atoms with Crippen LogP contribution in [0.2, 0.25) is 0 Å². The number of likely N-dealkylation sites (tertiary alicyclic amines) is 2. The molecule has 0 radical (unpaired) electrons. The van der Waals surface area contributed by atoms with E-state index in [1.807, 2.05) is 60.7 Å². The smallest absolute Gasteiger partial charge is 0.321 e. The van der Waals surface area contributed by atoms with E-state index in [1.54, 1.807) is 4.90 Å². The topological polar surface area (TPSA) is 49.9 Å². The quantitative estimate of drug-likeness (QED) is 0.505. The number of halogens is 2. The number of amides is 1. The van der Waals surface area contributed by atoms with Crippen LogP contribution in [-0.4, -0.2) is 53.3 Å². The van der Waals surface area contributed by atoms with Crippen LogP contribution in [0, 0.1) is 11.3 Å². The molecule has 170 valence electrons. The summed E-state index contributed by atoms with van der Waals surface area (Å²) in [6, 6.07) is 18.2. The molecule has 7 heteroatoms. The van der Waals surface area contributed by atoms with Crippen LogP contribution in [0.15, 0.2) is 60.7 Å². The standard InChI is InChI=1S/C25H28F2N2O3/c1-24(2,23(31)32-16-19-11-7-4-8-12-19)22(30)28-14-20-21(15-28)29(17-25(20,26)27)13-18-9-5-3-6-10-18/h3-12,20-21H,13-17H2,1-2H3. The van der Waals surface area contributed by atoms with Gasteiger partial charge in [-0.15, -0.1) is 0 Å². The molecule has 0 aromatic heterocycles. The minimum Gasteiger partial charge on any atom is -0.460 e. The highest BCUT2D eigenvalue weighted by Crippen LogP contribution is 2.43. The third-order valence-corrected chi connectivity index (χ3v) is 6.49. The monoisotopic (exact) mass is 442 g/mol. The van der Waals surface area contributed by atoms with Gasteiger partial charge in [0.05, 0.1) is 12.5 Å². The molecule has 0 saturated carbocycles. The molecule has 2 fully saturated rings. The van der Waals surface area contributed by atoms with Gasteiger partial charge in [0.15, 0.2) is 0 Å². The zero-order chi connectivity index (χ0) is 22.9. The van der Waals surface area contributed by atoms with E-state index in [0.29, 0.717) is 6.54 Å². The van der Waals surface area contributed by atoms with Gasteiger partial charge in [0.25, 0.3) is 5.92 Å². The third-order valence-electron chi connectivity index (χ3n) is 6.49. The first-order chi connectivity index (χ1) is 15.2. The summed E-state index contributed by atoms with van der Waals surface area (Å²) in [6.45, 7) is 3.26. The number of nitrogens with zero attached hydrogens (tertiary/aromatic N) is 2. The highest BCUT2D eigenvalue weighted by Gasteiger charge is 2.59. The second-order valence-corrected chi connectivity index (χ2v) is 9.22. The molecule has 0 aliphatic carbocycles. The van der Waals surface area contributed by atoms with Gasteiger partial charge in [-0.1, -0.05) is 60.7 Å². The molecule has 2 atom stereocenters. The van der Waals surface area contributed by atoms with Gasteiger partial charge in [0.1, 0.15) is 12.0 Å². The zero-order valence-corrected chi connectivity index (χ0v) is 18.3. The molecule has 2 aromatic carbocycles. The van der Waals surface area contributed by atoms with Crippen molar-refractivity contribution in [2.75, 3.05) is 19.6 Å². The van der Waals surface area contributed by atoms with Crippen LogP contribution in [0.3, 0.4) is 0 Å². The first-order valence-electron chi connectivity index (χ1n) is 10.8. The Hall–Kier alpha value is -2.80. The molecule has 1 amide bonds. The van der Waals surface area contributed by atoms with Crippen LogP contribution < -0.4 is 0 Å². The Bertz CT molecular complexity index is 966. The lowest BCUT2D eigenvalue weighted by atomic mass is 9.91. The van der Waals surface area contributed by atoms with Crippen molar-refractivity contribution in [2.24, 2.45) is 11.3 Å². The summed E-state index contributed by atoms with van der Waals surface area (Å²) in [7, 11) is 0. The molecule has 0 spiro atoms. The molecule has 5 nitrogen and oxygen atoms in total. The first kappa shape index (κ1) is 22.4. The van der Waals surface area contributed by atoms with Crippen molar-refractivity contribution < 1.29 is 23.1 Å². The molecule has 0 N–H and O–H groups in total. The van der Waals surface area contributed by atoms with Crippen molar-refractivity contribution in [3.8, 4) is 0 Å². The summed E-state index contributed by atoms with van der Waals surface area (Å²) in [4.78, 5) is 29.0. The lowest BCUT2D eigenvalue weighted by Crippen LogP contribution is -2.47.